The van der Waals surface area contributed by atoms with E-state index in [1.54, 1.807) is 12.1 Å². The van der Waals surface area contributed by atoms with Crippen molar-refractivity contribution >= 4 is 0 Å². The molecular formula is C16H22F3NO. The largest absolute Gasteiger partial charge is 0.573 e. The van der Waals surface area contributed by atoms with E-state index in [-0.39, 0.29) is 11.2 Å². The monoisotopic (exact) mass is 301 g/mol. The van der Waals surface area contributed by atoms with Crippen molar-refractivity contribution in [3.05, 3.63) is 29.8 Å². The Labute approximate surface area is 123 Å². The maximum absolute atomic E-state index is 12.1. The number of ether oxygens (including phenoxy) is 1. The average molecular weight is 301 g/mol. The average Bonchev–Trinajstić information content (AvgIpc) is 2.84. The molecule has 2 atom stereocenters. The lowest BCUT2D eigenvalue weighted by molar-refractivity contribution is -0.274. The van der Waals surface area contributed by atoms with Crippen LogP contribution < -0.4 is 10.5 Å². The molecule has 0 aliphatic heterocycles. The van der Waals surface area contributed by atoms with E-state index in [4.69, 9.17) is 5.73 Å². The molecule has 5 heteroatoms. The second-order valence-corrected chi connectivity index (χ2v) is 6.09. The second-order valence-electron chi connectivity index (χ2n) is 6.09. The van der Waals surface area contributed by atoms with Crippen LogP contribution >= 0.6 is 0 Å². The third kappa shape index (κ3) is 4.37. The van der Waals surface area contributed by atoms with Gasteiger partial charge in [0.25, 0.3) is 0 Å². The highest BCUT2D eigenvalue weighted by atomic mass is 19.4. The maximum Gasteiger partial charge on any atom is 0.573 e. The Morgan fingerprint density at radius 3 is 2.43 bits per heavy atom. The lowest BCUT2D eigenvalue weighted by atomic mass is 9.79. The first-order chi connectivity index (χ1) is 9.86. The van der Waals surface area contributed by atoms with Crippen LogP contribution in [0.1, 0.15) is 38.2 Å². The molecule has 21 heavy (non-hydrogen) atoms. The van der Waals surface area contributed by atoms with E-state index in [0.29, 0.717) is 6.54 Å². The van der Waals surface area contributed by atoms with E-state index < -0.39 is 6.36 Å². The van der Waals surface area contributed by atoms with E-state index in [1.807, 2.05) is 0 Å². The summed E-state index contributed by atoms with van der Waals surface area (Å²) in [4.78, 5) is 0. The molecule has 0 saturated heterocycles. The molecule has 1 aliphatic rings. The highest BCUT2D eigenvalue weighted by Gasteiger charge is 2.37. The molecule has 0 spiro atoms. The molecule has 2 unspecified atom stereocenters. The lowest BCUT2D eigenvalue weighted by Gasteiger charge is -2.28. The van der Waals surface area contributed by atoms with Crippen LogP contribution in [0.25, 0.3) is 0 Å². The summed E-state index contributed by atoms with van der Waals surface area (Å²) in [5.41, 5.74) is 7.10. The Kier molecular flexibility index (Phi) is 4.81. The minimum atomic E-state index is -4.64. The molecule has 2 nitrogen and oxygen atoms in total. The summed E-state index contributed by atoms with van der Waals surface area (Å²) < 4.78 is 40.3. The molecular weight excluding hydrogens is 279 g/mol. The van der Waals surface area contributed by atoms with E-state index >= 15 is 0 Å². The smallest absolute Gasteiger partial charge is 0.406 e. The number of hydrogen-bond acceptors (Lipinski definition) is 2. The minimum Gasteiger partial charge on any atom is -0.406 e. The molecule has 0 heterocycles. The van der Waals surface area contributed by atoms with Gasteiger partial charge in [0, 0.05) is 0 Å². The van der Waals surface area contributed by atoms with Crippen LogP contribution in [0.5, 0.6) is 5.75 Å². The number of alkyl halides is 3. The van der Waals surface area contributed by atoms with Crippen LogP contribution in [0.3, 0.4) is 0 Å². The van der Waals surface area contributed by atoms with Gasteiger partial charge in [-0.15, -0.1) is 13.2 Å². The van der Waals surface area contributed by atoms with Gasteiger partial charge in [-0.1, -0.05) is 25.5 Å². The molecule has 1 saturated carbocycles. The lowest BCUT2D eigenvalue weighted by Crippen LogP contribution is -2.30. The molecule has 118 valence electrons. The summed E-state index contributed by atoms with van der Waals surface area (Å²) in [6.07, 6.45) is 0.763. The van der Waals surface area contributed by atoms with Gasteiger partial charge in [-0.3, -0.25) is 0 Å². The molecule has 1 aliphatic carbocycles. The molecule has 0 bridgehead atoms. The fourth-order valence-corrected chi connectivity index (χ4v) is 3.34. The molecule has 1 aromatic carbocycles. The first kappa shape index (κ1) is 16.1. The van der Waals surface area contributed by atoms with Crippen LogP contribution in [0, 0.1) is 11.3 Å². The van der Waals surface area contributed by atoms with Gasteiger partial charge in [0.05, 0.1) is 0 Å². The Bertz CT molecular complexity index is 458. The van der Waals surface area contributed by atoms with Crippen molar-refractivity contribution in [2.75, 3.05) is 6.54 Å². The highest BCUT2D eigenvalue weighted by Crippen LogP contribution is 2.44. The number of benzene rings is 1. The van der Waals surface area contributed by atoms with E-state index in [0.717, 1.165) is 30.7 Å². The molecule has 2 N–H and O–H groups in total. The van der Waals surface area contributed by atoms with Crippen LogP contribution in [0.4, 0.5) is 13.2 Å². The van der Waals surface area contributed by atoms with Gasteiger partial charge in [0.1, 0.15) is 5.75 Å². The van der Waals surface area contributed by atoms with Crippen molar-refractivity contribution < 1.29 is 17.9 Å². The van der Waals surface area contributed by atoms with E-state index in [2.05, 4.69) is 11.7 Å². The second kappa shape index (κ2) is 6.26. The van der Waals surface area contributed by atoms with Crippen LogP contribution in [-0.2, 0) is 6.42 Å². The molecule has 1 fully saturated rings. The SMILES string of the molecule is CCC1CCC(CN)(Cc2ccc(OC(F)(F)F)cc2)C1. The van der Waals surface area contributed by atoms with Crippen LogP contribution in [-0.4, -0.2) is 12.9 Å². The van der Waals surface area contributed by atoms with Gasteiger partial charge in [0.15, 0.2) is 0 Å². The van der Waals surface area contributed by atoms with Gasteiger partial charge < -0.3 is 10.5 Å². The quantitative estimate of drug-likeness (QED) is 0.881. The molecule has 2 rings (SSSR count). The Morgan fingerprint density at radius 2 is 1.95 bits per heavy atom. The Hall–Kier alpha value is -1.23. The normalized spacial score (nSPS) is 26.0. The molecule has 0 radical (unpaired) electrons. The standard InChI is InChI=1S/C16H22F3NO/c1-2-12-7-8-15(9-12,11-20)10-13-3-5-14(6-4-13)21-16(17,18)19/h3-6,12H,2,7-11,20H2,1H3. The zero-order chi connectivity index (χ0) is 15.5. The number of rotatable bonds is 5. The van der Waals surface area contributed by atoms with E-state index in [9.17, 15) is 13.2 Å². The minimum absolute atomic E-state index is 0.104. The summed E-state index contributed by atoms with van der Waals surface area (Å²) in [7, 11) is 0. The van der Waals surface area contributed by atoms with Crippen LogP contribution in [0.2, 0.25) is 0 Å². The topological polar surface area (TPSA) is 35.2 Å². The van der Waals surface area contributed by atoms with E-state index in [1.165, 1.54) is 25.0 Å². The van der Waals surface area contributed by atoms with Crippen LogP contribution in [0.15, 0.2) is 24.3 Å². The fourth-order valence-electron chi connectivity index (χ4n) is 3.34. The van der Waals surface area contributed by atoms with Gasteiger partial charge in [0.2, 0.25) is 0 Å². The Balaban J connectivity index is 2.02. The predicted octanol–water partition coefficient (Wildman–Crippen LogP) is 4.28. The van der Waals surface area contributed by atoms with Crippen molar-refractivity contribution in [2.24, 2.45) is 17.1 Å². The van der Waals surface area contributed by atoms with Crippen molar-refractivity contribution in [2.45, 2.75) is 45.4 Å². The first-order valence-corrected chi connectivity index (χ1v) is 7.40. The fraction of sp³-hybridized carbons (Fsp3) is 0.625. The maximum atomic E-state index is 12.1. The van der Waals surface area contributed by atoms with Crippen molar-refractivity contribution in [3.63, 3.8) is 0 Å². The molecule has 0 amide bonds. The van der Waals surface area contributed by atoms with Crippen molar-refractivity contribution in [3.8, 4) is 5.75 Å². The Morgan fingerprint density at radius 1 is 1.29 bits per heavy atom. The summed E-state index contributed by atoms with van der Waals surface area (Å²) in [6.45, 7) is 2.82. The molecule has 0 aromatic heterocycles. The van der Waals surface area contributed by atoms with Crippen molar-refractivity contribution in [1.29, 1.82) is 0 Å². The molecule has 1 aromatic rings. The zero-order valence-electron chi connectivity index (χ0n) is 12.2. The highest BCUT2D eigenvalue weighted by molar-refractivity contribution is 5.28. The third-order valence-corrected chi connectivity index (χ3v) is 4.55. The van der Waals surface area contributed by atoms with Gasteiger partial charge in [-0.25, -0.2) is 0 Å². The number of halogens is 3. The first-order valence-electron chi connectivity index (χ1n) is 7.40. The summed E-state index contributed by atoms with van der Waals surface area (Å²) in [6, 6.07) is 6.16. The van der Waals surface area contributed by atoms with Crippen molar-refractivity contribution in [1.82, 2.24) is 0 Å². The number of hydrogen-bond donors (Lipinski definition) is 1. The summed E-state index contributed by atoms with van der Waals surface area (Å²) >= 11 is 0. The summed E-state index contributed by atoms with van der Waals surface area (Å²) in [5, 5.41) is 0. The predicted molar refractivity (Wildman–Crippen MR) is 75.9 cm³/mol. The third-order valence-electron chi connectivity index (χ3n) is 4.55. The zero-order valence-corrected chi connectivity index (χ0v) is 12.2. The van der Waals surface area contributed by atoms with Gasteiger partial charge in [-0.2, -0.15) is 0 Å². The summed E-state index contributed by atoms with van der Waals surface area (Å²) in [5.74, 6) is 0.548. The van der Waals surface area contributed by atoms with Gasteiger partial charge in [-0.05, 0) is 61.3 Å². The number of nitrogens with two attached hydrogens (primary N) is 1. The van der Waals surface area contributed by atoms with Gasteiger partial charge >= 0.3 is 6.36 Å².